The molecule has 0 bridgehead atoms. The largest absolute Gasteiger partial charge is 0.433 e. The molecule has 0 aromatic carbocycles. The van der Waals surface area contributed by atoms with Gasteiger partial charge < -0.3 is 21.1 Å². The van der Waals surface area contributed by atoms with Gasteiger partial charge in [0.2, 0.25) is 11.9 Å². The fourth-order valence-electron chi connectivity index (χ4n) is 2.37. The van der Waals surface area contributed by atoms with E-state index in [1.54, 1.807) is 0 Å². The first kappa shape index (κ1) is 18.4. The molecule has 4 N–H and O–H groups in total. The van der Waals surface area contributed by atoms with Crippen LogP contribution in [0.4, 0.5) is 19.1 Å². The molecule has 1 aliphatic heterocycles. The van der Waals surface area contributed by atoms with E-state index in [-0.39, 0.29) is 30.9 Å². The van der Waals surface area contributed by atoms with Crippen LogP contribution in [-0.2, 0) is 15.7 Å². The van der Waals surface area contributed by atoms with Gasteiger partial charge in [0.25, 0.3) is 0 Å². The average molecular weight is 347 g/mol. The number of nitrogens with zero attached hydrogens (tertiary/aromatic N) is 2. The van der Waals surface area contributed by atoms with Crippen LogP contribution in [0.25, 0.3) is 0 Å². The number of aromatic nitrogens is 2. The van der Waals surface area contributed by atoms with Crippen molar-refractivity contribution in [2.75, 3.05) is 31.6 Å². The minimum absolute atomic E-state index is 0.0820. The number of nitrogens with one attached hydrogen (secondary N) is 2. The molecule has 1 amide bonds. The van der Waals surface area contributed by atoms with Gasteiger partial charge in [-0.15, -0.1) is 0 Å². The van der Waals surface area contributed by atoms with Crippen molar-refractivity contribution in [2.45, 2.75) is 25.1 Å². The Morgan fingerprint density at radius 2 is 2.08 bits per heavy atom. The third-order valence-corrected chi connectivity index (χ3v) is 3.73. The quantitative estimate of drug-likeness (QED) is 0.657. The zero-order valence-electron chi connectivity index (χ0n) is 13.0. The maximum absolute atomic E-state index is 12.5. The molecule has 0 radical (unpaired) electrons. The van der Waals surface area contributed by atoms with E-state index in [4.69, 9.17) is 10.5 Å². The summed E-state index contributed by atoms with van der Waals surface area (Å²) in [5.41, 5.74) is 4.89. The molecule has 1 aromatic heterocycles. The molecule has 7 nitrogen and oxygen atoms in total. The normalized spacial score (nSPS) is 17.3. The zero-order valence-corrected chi connectivity index (χ0v) is 13.0. The summed E-state index contributed by atoms with van der Waals surface area (Å²) in [4.78, 5) is 19.0. The summed E-state index contributed by atoms with van der Waals surface area (Å²) in [5.74, 6) is -0.347. The van der Waals surface area contributed by atoms with Gasteiger partial charge in [-0.3, -0.25) is 4.79 Å². The van der Waals surface area contributed by atoms with Crippen LogP contribution in [-0.4, -0.2) is 48.2 Å². The van der Waals surface area contributed by atoms with E-state index in [1.165, 1.54) is 0 Å². The number of amides is 1. The Balaban J connectivity index is 1.73. The highest BCUT2D eigenvalue weighted by Gasteiger charge is 2.32. The van der Waals surface area contributed by atoms with Crippen molar-refractivity contribution in [2.24, 2.45) is 11.7 Å². The predicted octanol–water partition coefficient (Wildman–Crippen LogP) is 0.777. The summed E-state index contributed by atoms with van der Waals surface area (Å²) in [7, 11) is 0. The number of anilines is 1. The third-order valence-electron chi connectivity index (χ3n) is 3.73. The van der Waals surface area contributed by atoms with Gasteiger partial charge >= 0.3 is 6.18 Å². The summed E-state index contributed by atoms with van der Waals surface area (Å²) >= 11 is 0. The van der Waals surface area contributed by atoms with Gasteiger partial charge in [0.05, 0.1) is 6.04 Å². The van der Waals surface area contributed by atoms with E-state index in [0.29, 0.717) is 13.2 Å². The second kappa shape index (κ2) is 8.25. The molecule has 1 fully saturated rings. The van der Waals surface area contributed by atoms with Crippen LogP contribution in [0.15, 0.2) is 12.3 Å². The van der Waals surface area contributed by atoms with Crippen molar-refractivity contribution in [3.05, 3.63) is 18.0 Å². The molecule has 0 saturated carbocycles. The third kappa shape index (κ3) is 5.31. The highest BCUT2D eigenvalue weighted by atomic mass is 19.4. The molecule has 24 heavy (non-hydrogen) atoms. The van der Waals surface area contributed by atoms with Crippen molar-refractivity contribution in [3.63, 3.8) is 0 Å². The lowest BCUT2D eigenvalue weighted by Gasteiger charge is -2.26. The molecular weight excluding hydrogens is 327 g/mol. The molecule has 1 aliphatic rings. The smallest absolute Gasteiger partial charge is 0.381 e. The summed E-state index contributed by atoms with van der Waals surface area (Å²) < 4.78 is 42.8. The molecule has 1 unspecified atom stereocenters. The number of ether oxygens (including phenoxy) is 1. The molecule has 1 aromatic rings. The first-order chi connectivity index (χ1) is 11.4. The molecule has 2 rings (SSSR count). The summed E-state index contributed by atoms with van der Waals surface area (Å²) in [5, 5.41) is 5.28. The fraction of sp³-hybridized carbons (Fsp3) is 0.643. The second-order valence-electron chi connectivity index (χ2n) is 5.46. The first-order valence-corrected chi connectivity index (χ1v) is 7.63. The SMILES string of the molecule is NC(C(=O)NCCNc1nccc(C(F)(F)F)n1)C1CCOCC1. The lowest BCUT2D eigenvalue weighted by atomic mass is 9.92. The lowest BCUT2D eigenvalue weighted by molar-refractivity contribution is -0.141. The lowest BCUT2D eigenvalue weighted by Crippen LogP contribution is -2.48. The molecule has 10 heteroatoms. The van der Waals surface area contributed by atoms with Gasteiger partial charge in [-0.05, 0) is 24.8 Å². The fourth-order valence-corrected chi connectivity index (χ4v) is 2.37. The molecule has 0 aliphatic carbocycles. The van der Waals surface area contributed by atoms with Gasteiger partial charge in [0, 0.05) is 32.5 Å². The predicted molar refractivity (Wildman–Crippen MR) is 80.1 cm³/mol. The summed E-state index contributed by atoms with van der Waals surface area (Å²) in [6, 6.07) is 0.179. The number of hydrogen-bond donors (Lipinski definition) is 3. The topological polar surface area (TPSA) is 102 Å². The Kier molecular flexibility index (Phi) is 6.32. The Bertz CT molecular complexity index is 549. The Morgan fingerprint density at radius 3 is 2.75 bits per heavy atom. The van der Waals surface area contributed by atoms with Gasteiger partial charge in [0.1, 0.15) is 5.69 Å². The average Bonchev–Trinajstić information content (AvgIpc) is 2.58. The maximum Gasteiger partial charge on any atom is 0.433 e. The number of carbonyl (C=O) groups excluding carboxylic acids is 1. The van der Waals surface area contributed by atoms with E-state index in [0.717, 1.165) is 25.1 Å². The van der Waals surface area contributed by atoms with Crippen LogP contribution in [0.1, 0.15) is 18.5 Å². The van der Waals surface area contributed by atoms with Gasteiger partial charge in [-0.2, -0.15) is 13.2 Å². The minimum Gasteiger partial charge on any atom is -0.381 e. The number of hydrogen-bond acceptors (Lipinski definition) is 6. The summed E-state index contributed by atoms with van der Waals surface area (Å²) in [6.07, 6.45) is -2.02. The van der Waals surface area contributed by atoms with Gasteiger partial charge in [0.15, 0.2) is 0 Å². The molecule has 0 spiro atoms. The van der Waals surface area contributed by atoms with Gasteiger partial charge in [-0.25, -0.2) is 9.97 Å². The molecular formula is C14H20F3N5O2. The molecule has 2 heterocycles. The van der Waals surface area contributed by atoms with Crippen LogP contribution in [0.5, 0.6) is 0 Å². The van der Waals surface area contributed by atoms with Crippen molar-refractivity contribution in [3.8, 4) is 0 Å². The number of nitrogens with two attached hydrogens (primary N) is 1. The Hall–Kier alpha value is -1.94. The number of alkyl halides is 3. The molecule has 1 saturated heterocycles. The van der Waals surface area contributed by atoms with Crippen LogP contribution < -0.4 is 16.4 Å². The summed E-state index contributed by atoms with van der Waals surface area (Å²) in [6.45, 7) is 1.59. The van der Waals surface area contributed by atoms with E-state index >= 15 is 0 Å². The van der Waals surface area contributed by atoms with Crippen molar-refractivity contribution in [1.82, 2.24) is 15.3 Å². The minimum atomic E-state index is -4.52. The standard InChI is InChI=1S/C14H20F3N5O2/c15-14(16,17)10-1-4-20-13(22-10)21-6-5-19-12(23)11(18)9-2-7-24-8-3-9/h1,4,9,11H,2-3,5-8,18H2,(H,19,23)(H,20,21,22). The zero-order chi connectivity index (χ0) is 17.6. The van der Waals surface area contributed by atoms with E-state index in [1.807, 2.05) is 0 Å². The monoisotopic (exact) mass is 347 g/mol. The number of halogens is 3. The maximum atomic E-state index is 12.5. The van der Waals surface area contributed by atoms with E-state index in [2.05, 4.69) is 20.6 Å². The van der Waals surface area contributed by atoms with Crippen LogP contribution >= 0.6 is 0 Å². The van der Waals surface area contributed by atoms with Crippen molar-refractivity contribution < 1.29 is 22.7 Å². The number of rotatable bonds is 6. The Morgan fingerprint density at radius 1 is 1.38 bits per heavy atom. The van der Waals surface area contributed by atoms with Gasteiger partial charge in [-0.1, -0.05) is 0 Å². The molecule has 1 atom stereocenters. The van der Waals surface area contributed by atoms with Crippen LogP contribution in [0, 0.1) is 5.92 Å². The Labute approximate surface area is 137 Å². The number of carbonyl (C=O) groups is 1. The van der Waals surface area contributed by atoms with Crippen molar-refractivity contribution in [1.29, 1.82) is 0 Å². The highest BCUT2D eigenvalue weighted by Crippen LogP contribution is 2.27. The van der Waals surface area contributed by atoms with Crippen LogP contribution in [0.3, 0.4) is 0 Å². The highest BCUT2D eigenvalue weighted by molar-refractivity contribution is 5.81. The van der Waals surface area contributed by atoms with Crippen LogP contribution in [0.2, 0.25) is 0 Å². The van der Waals surface area contributed by atoms with Crippen molar-refractivity contribution >= 4 is 11.9 Å². The van der Waals surface area contributed by atoms with E-state index < -0.39 is 17.9 Å². The first-order valence-electron chi connectivity index (χ1n) is 7.63. The van der Waals surface area contributed by atoms with E-state index in [9.17, 15) is 18.0 Å². The molecule has 134 valence electrons. The second-order valence-corrected chi connectivity index (χ2v) is 5.46.